The fourth-order valence-corrected chi connectivity index (χ4v) is 2.30. The van der Waals surface area contributed by atoms with Crippen molar-refractivity contribution >= 4 is 6.03 Å². The van der Waals surface area contributed by atoms with Gasteiger partial charge < -0.3 is 20.2 Å². The van der Waals surface area contributed by atoms with Crippen molar-refractivity contribution in [2.75, 3.05) is 0 Å². The summed E-state index contributed by atoms with van der Waals surface area (Å²) in [6.07, 6.45) is 5.23. The first-order chi connectivity index (χ1) is 10.5. The predicted molar refractivity (Wildman–Crippen MR) is 83.6 cm³/mol. The number of pyridine rings is 1. The van der Waals surface area contributed by atoms with Crippen LogP contribution in [0.3, 0.4) is 0 Å². The van der Waals surface area contributed by atoms with Crippen molar-refractivity contribution in [3.8, 4) is 0 Å². The Labute approximate surface area is 128 Å². The standard InChI is InChI=1S/C15H21N5O2/c1-10-6-11(2)18-14(21)13(10)7-17-15(22)19-12(3)8-20-5-4-16-9-20/h4-6,9,12H,7-8H2,1-3H3,(H,18,21)(H2,17,19,22). The average molecular weight is 303 g/mol. The maximum Gasteiger partial charge on any atom is 0.315 e. The number of H-pyrrole nitrogens is 1. The molecular weight excluding hydrogens is 282 g/mol. The molecule has 2 heterocycles. The van der Waals surface area contributed by atoms with Gasteiger partial charge in [-0.15, -0.1) is 0 Å². The number of nitrogens with zero attached hydrogens (tertiary/aromatic N) is 2. The van der Waals surface area contributed by atoms with E-state index in [2.05, 4.69) is 20.6 Å². The molecule has 0 aliphatic rings. The lowest BCUT2D eigenvalue weighted by Crippen LogP contribution is -2.42. The lowest BCUT2D eigenvalue weighted by atomic mass is 10.1. The van der Waals surface area contributed by atoms with Crippen LogP contribution in [0.4, 0.5) is 4.79 Å². The summed E-state index contributed by atoms with van der Waals surface area (Å²) in [7, 11) is 0. The van der Waals surface area contributed by atoms with Crippen LogP contribution in [0.1, 0.15) is 23.7 Å². The van der Waals surface area contributed by atoms with Gasteiger partial charge in [0.1, 0.15) is 0 Å². The van der Waals surface area contributed by atoms with Crippen LogP contribution in [-0.4, -0.2) is 26.6 Å². The SMILES string of the molecule is Cc1cc(C)c(CNC(=O)NC(C)Cn2ccnc2)c(=O)[nH]1. The molecule has 0 bridgehead atoms. The number of aromatic nitrogens is 3. The predicted octanol–water partition coefficient (Wildman–Crippen LogP) is 1.08. The number of carbonyl (C=O) groups excluding carboxylic acids is 1. The molecular formula is C15H21N5O2. The summed E-state index contributed by atoms with van der Waals surface area (Å²) in [5.41, 5.74) is 2.09. The maximum atomic E-state index is 11.9. The topological polar surface area (TPSA) is 91.8 Å². The van der Waals surface area contributed by atoms with Crippen LogP contribution >= 0.6 is 0 Å². The Balaban J connectivity index is 1.86. The van der Waals surface area contributed by atoms with Gasteiger partial charge in [0.15, 0.2) is 0 Å². The van der Waals surface area contributed by atoms with E-state index in [1.54, 1.807) is 12.5 Å². The number of imidazole rings is 1. The van der Waals surface area contributed by atoms with Crippen molar-refractivity contribution in [2.24, 2.45) is 0 Å². The highest BCUT2D eigenvalue weighted by Crippen LogP contribution is 2.02. The third-order valence-electron chi connectivity index (χ3n) is 3.34. The van der Waals surface area contributed by atoms with E-state index in [9.17, 15) is 9.59 Å². The molecule has 0 aliphatic heterocycles. The highest BCUT2D eigenvalue weighted by Gasteiger charge is 2.10. The van der Waals surface area contributed by atoms with Crippen molar-refractivity contribution in [3.05, 3.63) is 52.0 Å². The summed E-state index contributed by atoms with van der Waals surface area (Å²) in [4.78, 5) is 30.4. The number of hydrogen-bond acceptors (Lipinski definition) is 3. The third-order valence-corrected chi connectivity index (χ3v) is 3.34. The molecule has 118 valence electrons. The average Bonchev–Trinajstić information content (AvgIpc) is 2.89. The molecule has 0 saturated carbocycles. The smallest absolute Gasteiger partial charge is 0.315 e. The molecule has 0 aromatic carbocycles. The molecule has 2 aromatic heterocycles. The minimum Gasteiger partial charge on any atom is -0.335 e. The zero-order valence-corrected chi connectivity index (χ0v) is 13.0. The second kappa shape index (κ2) is 6.93. The fourth-order valence-electron chi connectivity index (χ4n) is 2.30. The lowest BCUT2D eigenvalue weighted by Gasteiger charge is -2.15. The van der Waals surface area contributed by atoms with E-state index in [1.807, 2.05) is 37.6 Å². The van der Waals surface area contributed by atoms with Crippen molar-refractivity contribution in [2.45, 2.75) is 39.9 Å². The number of hydrogen-bond donors (Lipinski definition) is 3. The Morgan fingerprint density at radius 2 is 2.23 bits per heavy atom. The molecule has 2 amide bonds. The van der Waals surface area contributed by atoms with Crippen LogP contribution in [-0.2, 0) is 13.1 Å². The number of nitrogens with one attached hydrogen (secondary N) is 3. The summed E-state index contributed by atoms with van der Waals surface area (Å²) >= 11 is 0. The molecule has 7 heteroatoms. The molecule has 3 N–H and O–H groups in total. The number of aryl methyl sites for hydroxylation is 2. The number of carbonyl (C=O) groups is 1. The number of amides is 2. The summed E-state index contributed by atoms with van der Waals surface area (Å²) in [6, 6.07) is 1.54. The van der Waals surface area contributed by atoms with E-state index < -0.39 is 0 Å². The van der Waals surface area contributed by atoms with E-state index in [4.69, 9.17) is 0 Å². The molecule has 2 rings (SSSR count). The molecule has 22 heavy (non-hydrogen) atoms. The van der Waals surface area contributed by atoms with Crippen LogP contribution in [0.25, 0.3) is 0 Å². The van der Waals surface area contributed by atoms with Crippen molar-refractivity contribution < 1.29 is 4.79 Å². The maximum absolute atomic E-state index is 11.9. The molecule has 0 fully saturated rings. The van der Waals surface area contributed by atoms with Crippen molar-refractivity contribution in [1.29, 1.82) is 0 Å². The first kappa shape index (κ1) is 15.8. The molecule has 2 aromatic rings. The van der Waals surface area contributed by atoms with Crippen LogP contribution in [0.15, 0.2) is 29.6 Å². The Kier molecular flexibility index (Phi) is 4.98. The van der Waals surface area contributed by atoms with E-state index in [1.165, 1.54) is 0 Å². The van der Waals surface area contributed by atoms with Crippen molar-refractivity contribution in [3.63, 3.8) is 0 Å². The molecule has 7 nitrogen and oxygen atoms in total. The second-order valence-electron chi connectivity index (χ2n) is 5.43. The Morgan fingerprint density at radius 3 is 2.86 bits per heavy atom. The Bertz CT molecular complexity index is 690. The summed E-state index contributed by atoms with van der Waals surface area (Å²) in [6.45, 7) is 6.43. The van der Waals surface area contributed by atoms with Gasteiger partial charge in [0.05, 0.1) is 12.9 Å². The quantitative estimate of drug-likeness (QED) is 0.771. The monoisotopic (exact) mass is 303 g/mol. The van der Waals surface area contributed by atoms with Gasteiger partial charge in [-0.1, -0.05) is 0 Å². The molecule has 1 unspecified atom stereocenters. The van der Waals surface area contributed by atoms with E-state index in [0.717, 1.165) is 11.3 Å². The molecule has 0 radical (unpaired) electrons. The molecule has 0 spiro atoms. The van der Waals surface area contributed by atoms with Gasteiger partial charge >= 0.3 is 6.03 Å². The first-order valence-corrected chi connectivity index (χ1v) is 7.15. The van der Waals surface area contributed by atoms with E-state index >= 15 is 0 Å². The normalized spacial score (nSPS) is 12.0. The minimum atomic E-state index is -0.299. The summed E-state index contributed by atoms with van der Waals surface area (Å²) in [5, 5.41) is 5.54. The van der Waals surface area contributed by atoms with Crippen molar-refractivity contribution in [1.82, 2.24) is 25.2 Å². The number of urea groups is 1. The first-order valence-electron chi connectivity index (χ1n) is 7.15. The largest absolute Gasteiger partial charge is 0.335 e. The zero-order valence-electron chi connectivity index (χ0n) is 13.0. The van der Waals surface area contributed by atoms with Gasteiger partial charge in [0.2, 0.25) is 0 Å². The molecule has 1 atom stereocenters. The summed E-state index contributed by atoms with van der Waals surface area (Å²) < 4.78 is 1.89. The second-order valence-corrected chi connectivity index (χ2v) is 5.43. The summed E-state index contributed by atoms with van der Waals surface area (Å²) in [5.74, 6) is 0. The zero-order chi connectivity index (χ0) is 16.1. The van der Waals surface area contributed by atoms with Gasteiger partial charge in [0, 0.05) is 36.2 Å². The number of aromatic amines is 1. The van der Waals surface area contributed by atoms with Gasteiger partial charge in [-0.3, -0.25) is 4.79 Å². The van der Waals surface area contributed by atoms with Gasteiger partial charge in [-0.05, 0) is 32.4 Å². The third kappa shape index (κ3) is 4.21. The molecule has 0 aliphatic carbocycles. The highest BCUT2D eigenvalue weighted by molar-refractivity contribution is 5.74. The van der Waals surface area contributed by atoms with Crippen LogP contribution in [0.5, 0.6) is 0 Å². The van der Waals surface area contributed by atoms with Crippen LogP contribution < -0.4 is 16.2 Å². The molecule has 0 saturated heterocycles. The number of rotatable bonds is 5. The van der Waals surface area contributed by atoms with Crippen LogP contribution in [0.2, 0.25) is 0 Å². The van der Waals surface area contributed by atoms with Crippen LogP contribution in [0, 0.1) is 13.8 Å². The highest BCUT2D eigenvalue weighted by atomic mass is 16.2. The van der Waals surface area contributed by atoms with E-state index in [0.29, 0.717) is 12.1 Å². The Morgan fingerprint density at radius 1 is 1.45 bits per heavy atom. The van der Waals surface area contributed by atoms with Gasteiger partial charge in [0.25, 0.3) is 5.56 Å². The Hall–Kier alpha value is -2.57. The van der Waals surface area contributed by atoms with Gasteiger partial charge in [-0.25, -0.2) is 9.78 Å². The minimum absolute atomic E-state index is 0.0494. The van der Waals surface area contributed by atoms with Gasteiger partial charge in [-0.2, -0.15) is 0 Å². The fraction of sp³-hybridized carbons (Fsp3) is 0.400. The van der Waals surface area contributed by atoms with E-state index in [-0.39, 0.29) is 24.2 Å². The lowest BCUT2D eigenvalue weighted by molar-refractivity contribution is 0.236.